The molecule has 0 N–H and O–H groups in total. The number of nitrogens with zero attached hydrogens (tertiary/aromatic N) is 3. The van der Waals surface area contributed by atoms with Crippen molar-refractivity contribution < 1.29 is 4.74 Å². The molecule has 1 heterocycles. The molecule has 0 aliphatic heterocycles. The van der Waals surface area contributed by atoms with E-state index < -0.39 is 0 Å². The minimum absolute atomic E-state index is 0.355. The molecule has 0 radical (unpaired) electrons. The van der Waals surface area contributed by atoms with Gasteiger partial charge >= 0.3 is 0 Å². The van der Waals surface area contributed by atoms with Crippen LogP contribution in [0.4, 0.5) is 0 Å². The van der Waals surface area contributed by atoms with Gasteiger partial charge in [-0.3, -0.25) is 0 Å². The quantitative estimate of drug-likeness (QED) is 0.687. The maximum absolute atomic E-state index is 5.42. The van der Waals surface area contributed by atoms with Crippen molar-refractivity contribution in [3.8, 4) is 0 Å². The fourth-order valence-electron chi connectivity index (χ4n) is 1.47. The monoisotopic (exact) mass is 239 g/mol. The van der Waals surface area contributed by atoms with Crippen LogP contribution in [-0.2, 0) is 17.7 Å². The van der Waals surface area contributed by atoms with Crippen molar-refractivity contribution in [1.82, 2.24) is 15.0 Å². The van der Waals surface area contributed by atoms with E-state index >= 15 is 0 Å². The molecule has 0 aliphatic carbocycles. The van der Waals surface area contributed by atoms with Gasteiger partial charge in [0.15, 0.2) is 0 Å². The third kappa shape index (κ3) is 6.41. The maximum Gasteiger partial charge on any atom is 0.0827 e. The van der Waals surface area contributed by atoms with Gasteiger partial charge in [-0.15, -0.1) is 5.10 Å². The Kier molecular flexibility index (Phi) is 5.62. The van der Waals surface area contributed by atoms with Gasteiger partial charge in [-0.25, -0.2) is 4.68 Å². The molecular weight excluding hydrogens is 214 g/mol. The first-order chi connectivity index (χ1) is 8.01. The van der Waals surface area contributed by atoms with E-state index in [1.165, 1.54) is 0 Å². The van der Waals surface area contributed by atoms with Crippen LogP contribution in [0.3, 0.4) is 0 Å². The molecule has 0 bridgehead atoms. The second-order valence-electron chi connectivity index (χ2n) is 5.65. The summed E-state index contributed by atoms with van der Waals surface area (Å²) in [6.45, 7) is 11.2. The minimum atomic E-state index is 0.355. The average Bonchev–Trinajstić information content (AvgIpc) is 2.69. The van der Waals surface area contributed by atoms with Gasteiger partial charge in [-0.05, 0) is 24.7 Å². The van der Waals surface area contributed by atoms with Crippen LogP contribution in [0.5, 0.6) is 0 Å². The highest BCUT2D eigenvalue weighted by Crippen LogP contribution is 2.20. The molecule has 0 aromatic carbocycles. The molecule has 0 aliphatic rings. The van der Waals surface area contributed by atoms with E-state index in [1.54, 1.807) is 0 Å². The Bertz CT molecular complexity index is 315. The van der Waals surface area contributed by atoms with E-state index in [9.17, 15) is 0 Å². The Balaban J connectivity index is 2.28. The summed E-state index contributed by atoms with van der Waals surface area (Å²) in [5, 5.41) is 8.28. The van der Waals surface area contributed by atoms with E-state index in [0.717, 1.165) is 44.7 Å². The van der Waals surface area contributed by atoms with E-state index in [0.29, 0.717) is 5.41 Å². The molecule has 1 rings (SSSR count). The third-order valence-corrected chi connectivity index (χ3v) is 2.53. The lowest BCUT2D eigenvalue weighted by Gasteiger charge is -2.16. The predicted octanol–water partition coefficient (Wildman–Crippen LogP) is 2.68. The lowest BCUT2D eigenvalue weighted by Crippen LogP contribution is -2.07. The highest BCUT2D eigenvalue weighted by Gasteiger charge is 2.11. The van der Waals surface area contributed by atoms with Crippen LogP contribution in [0.15, 0.2) is 6.20 Å². The van der Waals surface area contributed by atoms with Crippen LogP contribution in [0.25, 0.3) is 0 Å². The maximum atomic E-state index is 5.42. The fourth-order valence-corrected chi connectivity index (χ4v) is 1.47. The van der Waals surface area contributed by atoms with Gasteiger partial charge in [0.1, 0.15) is 0 Å². The zero-order valence-electron chi connectivity index (χ0n) is 11.6. The first-order valence-electron chi connectivity index (χ1n) is 6.48. The van der Waals surface area contributed by atoms with Gasteiger partial charge in [0, 0.05) is 12.8 Å². The Morgan fingerprint density at radius 1 is 1.29 bits per heavy atom. The molecule has 0 spiro atoms. The third-order valence-electron chi connectivity index (χ3n) is 2.53. The lowest BCUT2D eigenvalue weighted by molar-refractivity contribution is 0.124. The van der Waals surface area contributed by atoms with Crippen LogP contribution in [0.1, 0.15) is 46.2 Å². The van der Waals surface area contributed by atoms with Gasteiger partial charge in [-0.1, -0.05) is 32.9 Å². The number of hydrogen-bond acceptors (Lipinski definition) is 3. The van der Waals surface area contributed by atoms with Crippen LogP contribution in [0, 0.1) is 5.41 Å². The normalized spacial score (nSPS) is 12.0. The van der Waals surface area contributed by atoms with E-state index in [1.807, 2.05) is 10.9 Å². The van der Waals surface area contributed by atoms with Crippen molar-refractivity contribution in [1.29, 1.82) is 0 Å². The molecule has 0 amide bonds. The highest BCUT2D eigenvalue weighted by atomic mass is 16.5. The van der Waals surface area contributed by atoms with E-state index in [-0.39, 0.29) is 0 Å². The summed E-state index contributed by atoms with van der Waals surface area (Å²) in [5.74, 6) is 0. The summed E-state index contributed by atoms with van der Waals surface area (Å²) in [5.41, 5.74) is 1.43. The summed E-state index contributed by atoms with van der Waals surface area (Å²) in [7, 11) is 0. The average molecular weight is 239 g/mol. The number of ether oxygens (including phenoxy) is 1. The summed E-state index contributed by atoms with van der Waals surface area (Å²) >= 11 is 0. The van der Waals surface area contributed by atoms with Crippen LogP contribution >= 0.6 is 0 Å². The van der Waals surface area contributed by atoms with Gasteiger partial charge in [0.05, 0.1) is 18.8 Å². The standard InChI is InChI=1S/C13H25N3O/c1-5-9-17-10-8-16-11-12(14-15-16)6-7-13(2,3)4/h11H,5-10H2,1-4H3. The molecule has 4 nitrogen and oxygen atoms in total. The van der Waals surface area contributed by atoms with Gasteiger partial charge in [0.25, 0.3) is 0 Å². The topological polar surface area (TPSA) is 39.9 Å². The van der Waals surface area contributed by atoms with Crippen molar-refractivity contribution in [2.24, 2.45) is 5.41 Å². The number of aromatic nitrogens is 3. The lowest BCUT2D eigenvalue weighted by atomic mass is 9.90. The Labute approximate surface area is 104 Å². The van der Waals surface area contributed by atoms with E-state index in [2.05, 4.69) is 38.0 Å². The zero-order valence-corrected chi connectivity index (χ0v) is 11.6. The van der Waals surface area contributed by atoms with Gasteiger partial charge < -0.3 is 4.74 Å². The molecule has 17 heavy (non-hydrogen) atoms. The summed E-state index contributed by atoms with van der Waals surface area (Å²) < 4.78 is 7.29. The van der Waals surface area contributed by atoms with Crippen molar-refractivity contribution in [3.63, 3.8) is 0 Å². The number of aryl methyl sites for hydroxylation is 1. The molecule has 4 heteroatoms. The van der Waals surface area contributed by atoms with Crippen molar-refractivity contribution >= 4 is 0 Å². The summed E-state index contributed by atoms with van der Waals surface area (Å²) in [6.07, 6.45) is 5.23. The summed E-state index contributed by atoms with van der Waals surface area (Å²) in [6, 6.07) is 0. The largest absolute Gasteiger partial charge is 0.380 e. The highest BCUT2D eigenvalue weighted by molar-refractivity contribution is 4.93. The fraction of sp³-hybridized carbons (Fsp3) is 0.846. The molecule has 0 saturated carbocycles. The van der Waals surface area contributed by atoms with Crippen molar-refractivity contribution in [3.05, 3.63) is 11.9 Å². The zero-order chi connectivity index (χ0) is 12.7. The Hall–Kier alpha value is -0.900. The first kappa shape index (κ1) is 14.2. The molecule has 1 aromatic heterocycles. The molecular formula is C13H25N3O. The smallest absolute Gasteiger partial charge is 0.0827 e. The second kappa shape index (κ2) is 6.74. The van der Waals surface area contributed by atoms with Gasteiger partial charge in [0.2, 0.25) is 0 Å². The molecule has 0 fully saturated rings. The van der Waals surface area contributed by atoms with E-state index in [4.69, 9.17) is 4.74 Å². The molecule has 0 saturated heterocycles. The Morgan fingerprint density at radius 3 is 2.71 bits per heavy atom. The first-order valence-corrected chi connectivity index (χ1v) is 6.48. The predicted molar refractivity (Wildman–Crippen MR) is 68.9 cm³/mol. The molecule has 98 valence electrons. The second-order valence-corrected chi connectivity index (χ2v) is 5.65. The number of hydrogen-bond donors (Lipinski definition) is 0. The molecule has 0 unspecified atom stereocenters. The van der Waals surface area contributed by atoms with Crippen molar-refractivity contribution in [2.45, 2.75) is 53.5 Å². The SMILES string of the molecule is CCCOCCn1cc(CCC(C)(C)C)nn1. The van der Waals surface area contributed by atoms with Crippen LogP contribution < -0.4 is 0 Å². The number of rotatable bonds is 7. The Morgan fingerprint density at radius 2 is 2.06 bits per heavy atom. The minimum Gasteiger partial charge on any atom is -0.380 e. The van der Waals surface area contributed by atoms with Crippen molar-refractivity contribution in [2.75, 3.05) is 13.2 Å². The summed E-state index contributed by atoms with van der Waals surface area (Å²) in [4.78, 5) is 0. The van der Waals surface area contributed by atoms with Crippen LogP contribution in [0.2, 0.25) is 0 Å². The van der Waals surface area contributed by atoms with Gasteiger partial charge in [-0.2, -0.15) is 0 Å². The molecule has 0 atom stereocenters. The van der Waals surface area contributed by atoms with Crippen LogP contribution in [-0.4, -0.2) is 28.2 Å². The molecule has 1 aromatic rings.